The van der Waals surface area contributed by atoms with Gasteiger partial charge < -0.3 is 0 Å². The van der Waals surface area contributed by atoms with E-state index in [0.29, 0.717) is 12.1 Å². The van der Waals surface area contributed by atoms with Crippen LogP contribution in [-0.2, 0) is 5.11 Å². The second kappa shape index (κ2) is 2.94. The zero-order valence-electron chi connectivity index (χ0n) is 5.20. The normalized spacial score (nSPS) is 13.6. The van der Waals surface area contributed by atoms with E-state index < -0.39 is 6.10 Å². The van der Waals surface area contributed by atoms with Crippen molar-refractivity contribution in [1.29, 1.82) is 0 Å². The Kier molecular flexibility index (Phi) is 2.19. The summed E-state index contributed by atoms with van der Waals surface area (Å²) >= 11 is 1.47. The van der Waals surface area contributed by atoms with Crippen LogP contribution in [0.15, 0.2) is 10.9 Å². The average Bonchev–Trinajstić information content (AvgIpc) is 2.37. The van der Waals surface area contributed by atoms with E-state index >= 15 is 0 Å². The zero-order valence-corrected chi connectivity index (χ0v) is 6.02. The molecule has 0 saturated carbocycles. The molecule has 0 spiro atoms. The summed E-state index contributed by atoms with van der Waals surface area (Å²) in [5.41, 5.74) is 2.37. The standard InChI is InChI=1S/C6H8NOS/c1-2-6(8)5-3-9-4-7-5/h3-4,6H,2H2,1H3. The summed E-state index contributed by atoms with van der Waals surface area (Å²) in [6.07, 6.45) is 0.0141. The highest BCUT2D eigenvalue weighted by Gasteiger charge is 2.06. The molecule has 0 aliphatic heterocycles. The lowest BCUT2D eigenvalue weighted by atomic mass is 10.2. The van der Waals surface area contributed by atoms with Gasteiger partial charge in [-0.25, -0.2) is 10.1 Å². The number of aromatic nitrogens is 1. The number of thiazole rings is 1. The summed E-state index contributed by atoms with van der Waals surface area (Å²) in [7, 11) is 0. The number of hydrogen-bond donors (Lipinski definition) is 0. The maximum Gasteiger partial charge on any atom is 0.135 e. The van der Waals surface area contributed by atoms with E-state index in [-0.39, 0.29) is 0 Å². The van der Waals surface area contributed by atoms with Gasteiger partial charge in [0.1, 0.15) is 6.10 Å². The summed E-state index contributed by atoms with van der Waals surface area (Å²) < 4.78 is 0. The maximum atomic E-state index is 10.9. The summed E-state index contributed by atoms with van der Waals surface area (Å²) in [5.74, 6) is 0. The van der Waals surface area contributed by atoms with Crippen molar-refractivity contribution in [3.05, 3.63) is 16.6 Å². The minimum Gasteiger partial charge on any atom is -0.247 e. The van der Waals surface area contributed by atoms with Crippen molar-refractivity contribution in [2.75, 3.05) is 0 Å². The molecule has 0 aliphatic rings. The van der Waals surface area contributed by atoms with Gasteiger partial charge in [-0.3, -0.25) is 0 Å². The van der Waals surface area contributed by atoms with E-state index in [2.05, 4.69) is 4.98 Å². The Morgan fingerprint density at radius 2 is 2.67 bits per heavy atom. The van der Waals surface area contributed by atoms with Crippen LogP contribution in [0.1, 0.15) is 25.1 Å². The highest BCUT2D eigenvalue weighted by atomic mass is 32.1. The van der Waals surface area contributed by atoms with Crippen LogP contribution in [0, 0.1) is 0 Å². The second-order valence-corrected chi connectivity index (χ2v) is 2.53. The van der Waals surface area contributed by atoms with E-state index in [1.165, 1.54) is 11.3 Å². The third-order valence-electron chi connectivity index (χ3n) is 1.15. The first kappa shape index (κ1) is 6.71. The van der Waals surface area contributed by atoms with Gasteiger partial charge >= 0.3 is 0 Å². The molecule has 1 unspecified atom stereocenters. The molecule has 1 radical (unpaired) electrons. The fourth-order valence-corrected chi connectivity index (χ4v) is 1.19. The van der Waals surface area contributed by atoms with Crippen molar-refractivity contribution >= 4 is 11.3 Å². The summed E-state index contributed by atoms with van der Waals surface area (Å²) in [6.45, 7) is 1.87. The van der Waals surface area contributed by atoms with Crippen molar-refractivity contribution in [1.82, 2.24) is 4.98 Å². The Morgan fingerprint density at radius 1 is 1.89 bits per heavy atom. The third-order valence-corrected chi connectivity index (χ3v) is 1.76. The van der Waals surface area contributed by atoms with Crippen LogP contribution < -0.4 is 0 Å². The number of rotatable bonds is 2. The van der Waals surface area contributed by atoms with Crippen molar-refractivity contribution in [3.63, 3.8) is 0 Å². The van der Waals surface area contributed by atoms with Gasteiger partial charge in [-0.1, -0.05) is 6.92 Å². The Balaban J connectivity index is 2.65. The first-order valence-electron chi connectivity index (χ1n) is 2.88. The molecule has 1 atom stereocenters. The fourth-order valence-electron chi connectivity index (χ4n) is 0.590. The van der Waals surface area contributed by atoms with Crippen molar-refractivity contribution in [2.45, 2.75) is 19.4 Å². The van der Waals surface area contributed by atoms with Gasteiger partial charge in [0.15, 0.2) is 0 Å². The van der Waals surface area contributed by atoms with E-state index in [4.69, 9.17) is 0 Å². The first-order chi connectivity index (χ1) is 4.34. The van der Waals surface area contributed by atoms with Crippen LogP contribution in [0.5, 0.6) is 0 Å². The summed E-state index contributed by atoms with van der Waals surface area (Å²) in [4.78, 5) is 3.89. The minimum atomic E-state index is -0.615. The largest absolute Gasteiger partial charge is 0.247 e. The van der Waals surface area contributed by atoms with Crippen molar-refractivity contribution < 1.29 is 5.11 Å². The molecular weight excluding hydrogens is 134 g/mol. The molecule has 0 saturated heterocycles. The highest BCUT2D eigenvalue weighted by Crippen LogP contribution is 2.15. The van der Waals surface area contributed by atoms with Crippen LogP contribution in [0.3, 0.4) is 0 Å². The predicted molar refractivity (Wildman–Crippen MR) is 35.8 cm³/mol. The minimum absolute atomic E-state index is 0.615. The average molecular weight is 142 g/mol. The van der Waals surface area contributed by atoms with Gasteiger partial charge in [-0.2, -0.15) is 0 Å². The first-order valence-corrected chi connectivity index (χ1v) is 3.82. The summed E-state index contributed by atoms with van der Waals surface area (Å²) in [5, 5.41) is 12.7. The number of hydrogen-bond acceptors (Lipinski definition) is 2. The molecule has 1 rings (SSSR count). The predicted octanol–water partition coefficient (Wildman–Crippen LogP) is 2.02. The third kappa shape index (κ3) is 1.50. The monoisotopic (exact) mass is 142 g/mol. The van der Waals surface area contributed by atoms with Gasteiger partial charge in [-0.05, 0) is 6.42 Å². The molecule has 0 aliphatic carbocycles. The van der Waals surface area contributed by atoms with Gasteiger partial charge in [0.2, 0.25) is 0 Å². The van der Waals surface area contributed by atoms with Gasteiger partial charge in [0, 0.05) is 5.38 Å². The lowest BCUT2D eigenvalue weighted by molar-refractivity contribution is 0.0825. The molecule has 2 nitrogen and oxygen atoms in total. The smallest absolute Gasteiger partial charge is 0.135 e. The topological polar surface area (TPSA) is 32.8 Å². The fraction of sp³-hybridized carbons (Fsp3) is 0.500. The van der Waals surface area contributed by atoms with Crippen molar-refractivity contribution in [3.8, 4) is 0 Å². The second-order valence-electron chi connectivity index (χ2n) is 1.81. The van der Waals surface area contributed by atoms with Crippen LogP contribution in [0.2, 0.25) is 0 Å². The SMILES string of the molecule is CCC([O])c1cscn1. The van der Waals surface area contributed by atoms with Crippen LogP contribution >= 0.6 is 11.3 Å². The lowest BCUT2D eigenvalue weighted by Crippen LogP contribution is -1.91. The molecule has 49 valence electrons. The summed E-state index contributed by atoms with van der Waals surface area (Å²) in [6, 6.07) is 0. The number of nitrogens with zero attached hydrogens (tertiary/aromatic N) is 1. The molecule has 0 bridgehead atoms. The molecule has 3 heteroatoms. The molecule has 1 heterocycles. The van der Waals surface area contributed by atoms with E-state index in [1.54, 1.807) is 10.9 Å². The molecule has 0 fully saturated rings. The van der Waals surface area contributed by atoms with E-state index in [9.17, 15) is 5.11 Å². The molecule has 9 heavy (non-hydrogen) atoms. The molecule has 0 aromatic carbocycles. The Bertz CT molecular complexity index is 162. The molecule has 1 aromatic heterocycles. The highest BCUT2D eigenvalue weighted by molar-refractivity contribution is 7.07. The quantitative estimate of drug-likeness (QED) is 0.621. The Labute approximate surface area is 58.2 Å². The van der Waals surface area contributed by atoms with Crippen LogP contribution in [-0.4, -0.2) is 4.98 Å². The van der Waals surface area contributed by atoms with Crippen LogP contribution in [0.4, 0.5) is 0 Å². The Morgan fingerprint density at radius 3 is 3.11 bits per heavy atom. The van der Waals surface area contributed by atoms with Gasteiger partial charge in [0.25, 0.3) is 0 Å². The van der Waals surface area contributed by atoms with Gasteiger partial charge in [0.05, 0.1) is 11.2 Å². The van der Waals surface area contributed by atoms with E-state index in [0.717, 1.165) is 0 Å². The lowest BCUT2D eigenvalue weighted by Gasteiger charge is -1.97. The van der Waals surface area contributed by atoms with Gasteiger partial charge in [-0.15, -0.1) is 11.3 Å². The molecule has 0 amide bonds. The zero-order chi connectivity index (χ0) is 6.69. The van der Waals surface area contributed by atoms with E-state index in [1.807, 2.05) is 6.92 Å². The van der Waals surface area contributed by atoms with Crippen molar-refractivity contribution in [2.24, 2.45) is 0 Å². The Hall–Kier alpha value is -0.410. The van der Waals surface area contributed by atoms with Crippen LogP contribution in [0.25, 0.3) is 0 Å². The maximum absolute atomic E-state index is 10.9. The molecular formula is C6H8NOS. The molecule has 0 N–H and O–H groups in total. The molecule has 1 aromatic rings.